The van der Waals surface area contributed by atoms with E-state index in [1.807, 2.05) is 6.07 Å². The molecule has 0 bridgehead atoms. The zero-order chi connectivity index (χ0) is 11.9. The number of nitrogens with one attached hydrogen (secondary N) is 1. The van der Waals surface area contributed by atoms with E-state index < -0.39 is 0 Å². The summed E-state index contributed by atoms with van der Waals surface area (Å²) in [6.45, 7) is 0.170. The van der Waals surface area contributed by atoms with Crippen molar-refractivity contribution < 1.29 is 9.84 Å². The summed E-state index contributed by atoms with van der Waals surface area (Å²) in [4.78, 5) is 0. The van der Waals surface area contributed by atoms with Crippen LogP contribution in [0.2, 0.25) is 0 Å². The van der Waals surface area contributed by atoms with Crippen LogP contribution in [0.15, 0.2) is 18.2 Å². The maximum Gasteiger partial charge on any atom is 0.119 e. The van der Waals surface area contributed by atoms with Gasteiger partial charge in [-0.1, -0.05) is 6.07 Å². The molecule has 1 aromatic rings. The van der Waals surface area contributed by atoms with Gasteiger partial charge in [0, 0.05) is 6.04 Å². The van der Waals surface area contributed by atoms with Gasteiger partial charge in [-0.2, -0.15) is 0 Å². The molecule has 3 heteroatoms. The third kappa shape index (κ3) is 1.83. The number of rotatable bonds is 4. The number of aliphatic hydroxyl groups excluding tert-OH is 1. The van der Waals surface area contributed by atoms with Crippen LogP contribution in [0.4, 0.5) is 0 Å². The molecule has 1 fully saturated rings. The summed E-state index contributed by atoms with van der Waals surface area (Å²) in [6.07, 6.45) is 4.50. The van der Waals surface area contributed by atoms with Crippen LogP contribution in [-0.4, -0.2) is 24.9 Å². The zero-order valence-corrected chi connectivity index (χ0v) is 10.2. The van der Waals surface area contributed by atoms with Gasteiger partial charge in [-0.3, -0.25) is 0 Å². The van der Waals surface area contributed by atoms with Gasteiger partial charge in [-0.05, 0) is 48.9 Å². The van der Waals surface area contributed by atoms with E-state index in [-0.39, 0.29) is 12.1 Å². The lowest BCUT2D eigenvalue weighted by molar-refractivity contribution is 0.158. The Hall–Kier alpha value is -1.06. The summed E-state index contributed by atoms with van der Waals surface area (Å²) < 4.78 is 5.29. The van der Waals surface area contributed by atoms with Gasteiger partial charge in [0.1, 0.15) is 5.75 Å². The van der Waals surface area contributed by atoms with Crippen LogP contribution in [0.25, 0.3) is 0 Å². The second-order valence-electron chi connectivity index (χ2n) is 5.18. The smallest absolute Gasteiger partial charge is 0.119 e. The van der Waals surface area contributed by atoms with Gasteiger partial charge in [0.25, 0.3) is 0 Å². The Kier molecular flexibility index (Phi) is 2.60. The van der Waals surface area contributed by atoms with E-state index in [2.05, 4.69) is 17.4 Å². The Balaban J connectivity index is 1.98. The highest BCUT2D eigenvalue weighted by Gasteiger charge is 2.42. The van der Waals surface area contributed by atoms with E-state index in [4.69, 9.17) is 4.74 Å². The van der Waals surface area contributed by atoms with E-state index in [0.717, 1.165) is 18.6 Å². The van der Waals surface area contributed by atoms with E-state index in [1.165, 1.54) is 24.0 Å². The summed E-state index contributed by atoms with van der Waals surface area (Å²) in [5, 5.41) is 13.4. The van der Waals surface area contributed by atoms with Crippen molar-refractivity contribution in [3.63, 3.8) is 0 Å². The predicted octanol–water partition coefficient (Wildman–Crippen LogP) is 1.58. The van der Waals surface area contributed by atoms with Crippen LogP contribution >= 0.6 is 0 Å². The molecule has 0 heterocycles. The van der Waals surface area contributed by atoms with Crippen LogP contribution < -0.4 is 10.1 Å². The topological polar surface area (TPSA) is 41.5 Å². The molecule has 0 aliphatic heterocycles. The van der Waals surface area contributed by atoms with Gasteiger partial charge in [0.15, 0.2) is 0 Å². The third-order valence-corrected chi connectivity index (χ3v) is 3.98. The highest BCUT2D eigenvalue weighted by Crippen LogP contribution is 2.40. The van der Waals surface area contributed by atoms with Crippen LogP contribution in [0.1, 0.15) is 30.4 Å². The van der Waals surface area contributed by atoms with Crippen molar-refractivity contribution in [2.45, 2.75) is 37.3 Å². The zero-order valence-electron chi connectivity index (χ0n) is 10.2. The first-order valence-electron chi connectivity index (χ1n) is 6.33. The molecular formula is C14H19NO2. The molecule has 1 unspecified atom stereocenters. The van der Waals surface area contributed by atoms with Gasteiger partial charge >= 0.3 is 0 Å². The molecule has 3 nitrogen and oxygen atoms in total. The SMILES string of the molecule is COc1ccc2c(c1)C(CO)(NC1CC1)CC2. The molecule has 92 valence electrons. The quantitative estimate of drug-likeness (QED) is 0.829. The Morgan fingerprint density at radius 2 is 2.29 bits per heavy atom. The first kappa shape index (κ1) is 11.1. The second kappa shape index (κ2) is 4.00. The van der Waals surface area contributed by atoms with Crippen molar-refractivity contribution in [2.75, 3.05) is 13.7 Å². The minimum absolute atomic E-state index is 0.170. The number of hydrogen-bond acceptors (Lipinski definition) is 3. The molecule has 2 N–H and O–H groups in total. The minimum Gasteiger partial charge on any atom is -0.497 e. The Morgan fingerprint density at radius 1 is 1.47 bits per heavy atom. The number of hydrogen-bond donors (Lipinski definition) is 2. The maximum absolute atomic E-state index is 9.80. The lowest BCUT2D eigenvalue weighted by Gasteiger charge is -2.30. The van der Waals surface area contributed by atoms with Crippen LogP contribution in [-0.2, 0) is 12.0 Å². The Morgan fingerprint density at radius 3 is 2.94 bits per heavy atom. The first-order chi connectivity index (χ1) is 8.27. The van der Waals surface area contributed by atoms with Crippen LogP contribution in [0.5, 0.6) is 5.75 Å². The van der Waals surface area contributed by atoms with Crippen molar-refractivity contribution in [1.82, 2.24) is 5.32 Å². The molecule has 17 heavy (non-hydrogen) atoms. The van der Waals surface area contributed by atoms with E-state index in [9.17, 15) is 5.11 Å². The molecule has 1 saturated carbocycles. The van der Waals surface area contributed by atoms with Gasteiger partial charge in [0.2, 0.25) is 0 Å². The van der Waals surface area contributed by atoms with Gasteiger partial charge < -0.3 is 15.2 Å². The molecule has 2 aliphatic carbocycles. The maximum atomic E-state index is 9.80. The Labute approximate surface area is 102 Å². The first-order valence-corrected chi connectivity index (χ1v) is 6.33. The van der Waals surface area contributed by atoms with Crippen molar-refractivity contribution in [3.8, 4) is 5.75 Å². The molecular weight excluding hydrogens is 214 g/mol. The monoisotopic (exact) mass is 233 g/mol. The standard InChI is InChI=1S/C14H19NO2/c1-17-12-5-2-10-6-7-14(9-16,13(10)8-12)15-11-3-4-11/h2,5,8,11,15-16H,3-4,6-7,9H2,1H3. The largest absolute Gasteiger partial charge is 0.497 e. The lowest BCUT2D eigenvalue weighted by Crippen LogP contribution is -2.45. The van der Waals surface area contributed by atoms with Gasteiger partial charge in [-0.15, -0.1) is 0 Å². The molecule has 3 rings (SSSR count). The molecule has 1 aromatic carbocycles. The average Bonchev–Trinajstić information content (AvgIpc) is 3.11. The predicted molar refractivity (Wildman–Crippen MR) is 66.2 cm³/mol. The van der Waals surface area contributed by atoms with Crippen LogP contribution in [0, 0.1) is 0 Å². The third-order valence-electron chi connectivity index (χ3n) is 3.98. The Bertz CT molecular complexity index is 428. The van der Waals surface area contributed by atoms with Crippen molar-refractivity contribution >= 4 is 0 Å². The summed E-state index contributed by atoms with van der Waals surface area (Å²) >= 11 is 0. The molecule has 0 aromatic heterocycles. The number of fused-ring (bicyclic) bond motifs is 1. The normalized spacial score (nSPS) is 26.9. The number of methoxy groups -OCH3 is 1. The van der Waals surface area contributed by atoms with Gasteiger partial charge in [-0.25, -0.2) is 0 Å². The fourth-order valence-corrected chi connectivity index (χ4v) is 2.81. The summed E-state index contributed by atoms with van der Waals surface area (Å²) in [5.74, 6) is 0.876. The summed E-state index contributed by atoms with van der Waals surface area (Å²) in [5.41, 5.74) is 2.34. The number of aliphatic hydroxyl groups is 1. The van der Waals surface area contributed by atoms with Crippen molar-refractivity contribution in [3.05, 3.63) is 29.3 Å². The fraction of sp³-hybridized carbons (Fsp3) is 0.571. The highest BCUT2D eigenvalue weighted by atomic mass is 16.5. The van der Waals surface area contributed by atoms with E-state index in [1.54, 1.807) is 7.11 Å². The average molecular weight is 233 g/mol. The fourth-order valence-electron chi connectivity index (χ4n) is 2.81. The van der Waals surface area contributed by atoms with E-state index >= 15 is 0 Å². The molecule has 0 spiro atoms. The van der Waals surface area contributed by atoms with Crippen molar-refractivity contribution in [2.24, 2.45) is 0 Å². The summed E-state index contributed by atoms with van der Waals surface area (Å²) in [6, 6.07) is 6.80. The van der Waals surface area contributed by atoms with E-state index in [0.29, 0.717) is 6.04 Å². The van der Waals surface area contributed by atoms with Crippen LogP contribution in [0.3, 0.4) is 0 Å². The van der Waals surface area contributed by atoms with Gasteiger partial charge in [0.05, 0.1) is 19.3 Å². The number of aryl methyl sites for hydroxylation is 1. The molecule has 0 amide bonds. The summed E-state index contributed by atoms with van der Waals surface area (Å²) in [7, 11) is 1.69. The second-order valence-corrected chi connectivity index (χ2v) is 5.18. The van der Waals surface area contributed by atoms with Crippen molar-refractivity contribution in [1.29, 1.82) is 0 Å². The number of ether oxygens (including phenoxy) is 1. The molecule has 2 aliphatic rings. The minimum atomic E-state index is -0.231. The molecule has 1 atom stereocenters. The molecule has 0 saturated heterocycles. The lowest BCUT2D eigenvalue weighted by atomic mass is 9.92. The molecule has 0 radical (unpaired) electrons. The number of benzene rings is 1. The highest BCUT2D eigenvalue weighted by molar-refractivity contribution is 5.44.